The van der Waals surface area contributed by atoms with E-state index in [2.05, 4.69) is 11.8 Å². The van der Waals surface area contributed by atoms with Crippen LogP contribution < -0.4 is 9.47 Å². The quantitative estimate of drug-likeness (QED) is 0.438. The van der Waals surface area contributed by atoms with E-state index in [0.717, 1.165) is 36.1 Å². The summed E-state index contributed by atoms with van der Waals surface area (Å²) in [6.45, 7) is 5.45. The Labute approximate surface area is 185 Å². The van der Waals surface area contributed by atoms with Gasteiger partial charge in [0.05, 0.1) is 26.3 Å². The first-order valence-electron chi connectivity index (χ1n) is 10.3. The van der Waals surface area contributed by atoms with Crippen LogP contribution in [0.1, 0.15) is 41.3 Å². The lowest BCUT2D eigenvalue weighted by molar-refractivity contribution is 0.0796. The Morgan fingerprint density at radius 3 is 2.23 bits per heavy atom. The van der Waals surface area contributed by atoms with Crippen LogP contribution in [-0.4, -0.2) is 42.2 Å². The molecule has 0 aliphatic carbocycles. The topological polar surface area (TPSA) is 59.0 Å². The summed E-state index contributed by atoms with van der Waals surface area (Å²) in [5.74, 6) is 6.50. The van der Waals surface area contributed by atoms with Gasteiger partial charge in [0.15, 0.2) is 0 Å². The van der Waals surface area contributed by atoms with Crippen LogP contribution in [0.3, 0.4) is 0 Å². The summed E-state index contributed by atoms with van der Waals surface area (Å²) in [6, 6.07) is 10.4. The molecule has 0 fully saturated rings. The molecule has 31 heavy (non-hydrogen) atoms. The number of amides is 1. The number of carbonyl (C=O) groups excluding carboxylic acids is 1. The summed E-state index contributed by atoms with van der Waals surface area (Å²) >= 11 is 0. The van der Waals surface area contributed by atoms with E-state index in [9.17, 15) is 9.90 Å². The lowest BCUT2D eigenvalue weighted by Crippen LogP contribution is -2.31. The molecule has 2 aromatic rings. The van der Waals surface area contributed by atoms with Gasteiger partial charge in [0.2, 0.25) is 0 Å². The molecule has 2 aromatic carbocycles. The van der Waals surface area contributed by atoms with E-state index in [1.807, 2.05) is 13.8 Å². The van der Waals surface area contributed by atoms with Crippen LogP contribution in [-0.2, 0) is 6.42 Å². The smallest absolute Gasteiger partial charge is 0.255 e. The largest absolute Gasteiger partial charge is 0.508 e. The molecule has 0 aliphatic rings. The average Bonchev–Trinajstić information content (AvgIpc) is 2.76. The van der Waals surface area contributed by atoms with Gasteiger partial charge in [0, 0.05) is 5.56 Å². The van der Waals surface area contributed by atoms with Gasteiger partial charge in [-0.15, -0.1) is 12.8 Å². The number of carbonyl (C=O) groups is 1. The molecule has 0 radical (unpaired) electrons. The molecule has 0 unspecified atom stereocenters. The van der Waals surface area contributed by atoms with Gasteiger partial charge in [-0.3, -0.25) is 4.79 Å². The minimum absolute atomic E-state index is 0.173. The van der Waals surface area contributed by atoms with Gasteiger partial charge in [-0.1, -0.05) is 18.8 Å². The van der Waals surface area contributed by atoms with Crippen molar-refractivity contribution in [3.05, 3.63) is 53.1 Å². The number of aryl methyl sites for hydroxylation is 2. The number of aromatic hydroxyl groups is 1. The van der Waals surface area contributed by atoms with Crippen molar-refractivity contribution in [2.24, 2.45) is 0 Å². The molecule has 1 amide bonds. The van der Waals surface area contributed by atoms with E-state index >= 15 is 0 Å². The monoisotopic (exact) mass is 419 g/mol. The van der Waals surface area contributed by atoms with Gasteiger partial charge >= 0.3 is 0 Å². The number of rotatable bonds is 11. The lowest BCUT2D eigenvalue weighted by atomic mass is 10.1. The third-order valence-corrected chi connectivity index (χ3v) is 4.72. The highest BCUT2D eigenvalue weighted by Crippen LogP contribution is 2.29. The van der Waals surface area contributed by atoms with Crippen molar-refractivity contribution in [3.63, 3.8) is 0 Å². The fourth-order valence-corrected chi connectivity index (χ4v) is 3.16. The number of phenols is 1. The van der Waals surface area contributed by atoms with Gasteiger partial charge in [0.25, 0.3) is 5.91 Å². The van der Waals surface area contributed by atoms with Crippen LogP contribution >= 0.6 is 0 Å². The molecule has 0 heterocycles. The van der Waals surface area contributed by atoms with Crippen molar-refractivity contribution in [2.75, 3.05) is 26.3 Å². The maximum absolute atomic E-state index is 12.4. The van der Waals surface area contributed by atoms with Gasteiger partial charge < -0.3 is 19.5 Å². The molecular weight excluding hydrogens is 390 g/mol. The van der Waals surface area contributed by atoms with Crippen molar-refractivity contribution >= 4 is 5.91 Å². The minimum Gasteiger partial charge on any atom is -0.508 e. The highest BCUT2D eigenvalue weighted by molar-refractivity contribution is 5.94. The van der Waals surface area contributed by atoms with Crippen LogP contribution in [0.25, 0.3) is 0 Å². The molecule has 162 valence electrons. The molecule has 0 spiro atoms. The number of ether oxygens (including phenoxy) is 2. The normalized spacial score (nSPS) is 10.1. The lowest BCUT2D eigenvalue weighted by Gasteiger charge is -2.17. The van der Waals surface area contributed by atoms with Gasteiger partial charge in [-0.2, -0.15) is 0 Å². The number of benzene rings is 2. The third-order valence-electron chi connectivity index (χ3n) is 4.72. The second-order valence-corrected chi connectivity index (χ2v) is 7.10. The Kier molecular flexibility index (Phi) is 9.33. The van der Waals surface area contributed by atoms with E-state index in [0.29, 0.717) is 24.5 Å². The number of nitrogens with zero attached hydrogens (tertiary/aromatic N) is 1. The van der Waals surface area contributed by atoms with E-state index < -0.39 is 0 Å². The zero-order valence-corrected chi connectivity index (χ0v) is 18.2. The fraction of sp³-hybridized carbons (Fsp3) is 0.346. The minimum atomic E-state index is -0.199. The number of hydrogen-bond acceptors (Lipinski definition) is 4. The highest BCUT2D eigenvalue weighted by Gasteiger charge is 2.14. The second-order valence-electron chi connectivity index (χ2n) is 7.10. The molecule has 0 saturated carbocycles. The number of unbranched alkanes of at least 4 members (excludes halogenated alkanes) is 1. The van der Waals surface area contributed by atoms with Crippen molar-refractivity contribution in [2.45, 2.75) is 33.1 Å². The summed E-state index contributed by atoms with van der Waals surface area (Å²) < 4.78 is 11.7. The molecule has 5 heteroatoms. The summed E-state index contributed by atoms with van der Waals surface area (Å²) in [5.41, 5.74) is 2.46. The van der Waals surface area contributed by atoms with Crippen LogP contribution in [0.4, 0.5) is 0 Å². The predicted octanol–water partition coefficient (Wildman–Crippen LogP) is 4.21. The molecule has 0 aromatic heterocycles. The molecule has 5 nitrogen and oxygen atoms in total. The maximum Gasteiger partial charge on any atom is 0.255 e. The SMILES string of the molecule is C#CCN(CC#C)C(=O)c1ccc(OCCCCOc2c(C)cc(O)cc2CC)cc1. The summed E-state index contributed by atoms with van der Waals surface area (Å²) in [7, 11) is 0. The van der Waals surface area contributed by atoms with Crippen LogP contribution in [0, 0.1) is 31.6 Å². The maximum atomic E-state index is 12.4. The van der Waals surface area contributed by atoms with Crippen molar-refractivity contribution < 1.29 is 19.4 Å². The van der Waals surface area contributed by atoms with Gasteiger partial charge in [-0.25, -0.2) is 0 Å². The number of phenolic OH excluding ortho intramolecular Hbond substituents is 1. The standard InChI is InChI=1S/C26H29NO4/c1-5-14-27(15-6-2)26(29)22-10-12-24(13-11-22)30-16-8-9-17-31-25-20(4)18-23(28)19-21(25)7-3/h1-2,10-13,18-19,28H,7-9,14-17H2,3-4H3. The molecule has 0 saturated heterocycles. The van der Waals surface area contributed by atoms with E-state index in [4.69, 9.17) is 22.3 Å². The summed E-state index contributed by atoms with van der Waals surface area (Å²) in [6.07, 6.45) is 13.1. The molecule has 0 aliphatic heterocycles. The Morgan fingerprint density at radius 2 is 1.65 bits per heavy atom. The molecule has 0 bridgehead atoms. The Morgan fingerprint density at radius 1 is 1.03 bits per heavy atom. The highest BCUT2D eigenvalue weighted by atomic mass is 16.5. The molecule has 0 atom stereocenters. The van der Waals surface area contributed by atoms with E-state index in [1.54, 1.807) is 36.4 Å². The number of hydrogen-bond donors (Lipinski definition) is 1. The first-order valence-corrected chi connectivity index (χ1v) is 10.3. The molecule has 1 N–H and O–H groups in total. The average molecular weight is 420 g/mol. The van der Waals surface area contributed by atoms with Crippen molar-refractivity contribution in [3.8, 4) is 41.9 Å². The summed E-state index contributed by atoms with van der Waals surface area (Å²) in [5, 5.41) is 9.71. The summed E-state index contributed by atoms with van der Waals surface area (Å²) in [4.78, 5) is 13.9. The van der Waals surface area contributed by atoms with Crippen molar-refractivity contribution in [1.29, 1.82) is 0 Å². The molecule has 2 rings (SSSR count). The zero-order chi connectivity index (χ0) is 22.6. The van der Waals surface area contributed by atoms with Gasteiger partial charge in [-0.05, 0) is 73.7 Å². The Hall–Kier alpha value is -3.57. The number of terminal acetylenes is 2. The van der Waals surface area contributed by atoms with Crippen LogP contribution in [0.2, 0.25) is 0 Å². The Balaban J connectivity index is 1.77. The molecular formula is C26H29NO4. The predicted molar refractivity (Wildman–Crippen MR) is 122 cm³/mol. The van der Waals surface area contributed by atoms with Crippen LogP contribution in [0.15, 0.2) is 36.4 Å². The third kappa shape index (κ3) is 7.01. The van der Waals surface area contributed by atoms with Gasteiger partial charge in [0.1, 0.15) is 17.2 Å². The first kappa shape index (κ1) is 23.7. The second kappa shape index (κ2) is 12.2. The zero-order valence-electron chi connectivity index (χ0n) is 18.2. The Bertz CT molecular complexity index is 935. The van der Waals surface area contributed by atoms with E-state index in [1.165, 1.54) is 4.90 Å². The fourth-order valence-electron chi connectivity index (χ4n) is 3.16. The van der Waals surface area contributed by atoms with Crippen molar-refractivity contribution in [1.82, 2.24) is 4.90 Å². The first-order chi connectivity index (χ1) is 15.0. The van der Waals surface area contributed by atoms with Crippen LogP contribution in [0.5, 0.6) is 17.2 Å². The van der Waals surface area contributed by atoms with E-state index in [-0.39, 0.29) is 24.7 Å².